The van der Waals surface area contributed by atoms with Gasteiger partial charge in [0.2, 0.25) is 0 Å². The Balaban J connectivity index is 1.62. The fourth-order valence-corrected chi connectivity index (χ4v) is 5.17. The minimum atomic E-state index is -3.40. The highest BCUT2D eigenvalue weighted by Crippen LogP contribution is 2.37. The molecule has 1 N–H and O–H groups in total. The molecule has 0 radical (unpaired) electrons. The highest BCUT2D eigenvalue weighted by molar-refractivity contribution is 7.92. The zero-order valence-electron chi connectivity index (χ0n) is 14.4. The average molecular weight is 357 g/mol. The number of benzene rings is 2. The van der Waals surface area contributed by atoms with Crippen LogP contribution in [0.4, 0.5) is 11.4 Å². The van der Waals surface area contributed by atoms with Crippen LogP contribution >= 0.6 is 0 Å². The van der Waals surface area contributed by atoms with Crippen LogP contribution in [0, 0.1) is 0 Å². The first-order valence-electron chi connectivity index (χ1n) is 8.66. The Bertz CT molecular complexity index is 859. The van der Waals surface area contributed by atoms with Crippen LogP contribution in [0.3, 0.4) is 0 Å². The number of rotatable bonds is 3. The molecular weight excluding hydrogens is 334 g/mol. The molecule has 0 spiro atoms. The summed E-state index contributed by atoms with van der Waals surface area (Å²) >= 11 is 0. The third-order valence-electron chi connectivity index (χ3n) is 5.15. The Hall–Kier alpha value is -2.05. The summed E-state index contributed by atoms with van der Waals surface area (Å²) in [6.45, 7) is 4.01. The number of fused-ring (bicyclic) bond motifs is 1. The maximum Gasteiger partial charge on any atom is 0.199 e. The summed E-state index contributed by atoms with van der Waals surface area (Å²) in [7, 11) is -1.26. The Morgan fingerprint density at radius 1 is 0.960 bits per heavy atom. The number of hydrogen-bond donors (Lipinski definition) is 1. The zero-order valence-corrected chi connectivity index (χ0v) is 15.2. The van der Waals surface area contributed by atoms with Gasteiger partial charge in [0.05, 0.1) is 4.90 Å². The van der Waals surface area contributed by atoms with Crippen molar-refractivity contribution < 1.29 is 8.42 Å². The summed E-state index contributed by atoms with van der Waals surface area (Å²) in [4.78, 5) is 5.07. The van der Waals surface area contributed by atoms with E-state index in [4.69, 9.17) is 0 Å². The van der Waals surface area contributed by atoms with Crippen molar-refractivity contribution in [3.05, 3.63) is 54.1 Å². The van der Waals surface area contributed by atoms with Crippen LogP contribution in [-0.4, -0.2) is 51.9 Å². The molecule has 2 aliphatic rings. The number of nitrogens with zero attached hydrogens (tertiary/aromatic N) is 2. The lowest BCUT2D eigenvalue weighted by Gasteiger charge is -2.35. The normalized spacial score (nSPS) is 21.0. The van der Waals surface area contributed by atoms with Crippen LogP contribution in [0.1, 0.15) is 5.56 Å². The molecule has 1 saturated heterocycles. The fraction of sp³-hybridized carbons (Fsp3) is 0.368. The van der Waals surface area contributed by atoms with Gasteiger partial charge >= 0.3 is 0 Å². The monoisotopic (exact) mass is 357 g/mol. The van der Waals surface area contributed by atoms with E-state index in [-0.39, 0.29) is 0 Å². The molecule has 0 aromatic heterocycles. The van der Waals surface area contributed by atoms with Crippen LogP contribution in [0.5, 0.6) is 0 Å². The van der Waals surface area contributed by atoms with Crippen LogP contribution in [0.25, 0.3) is 0 Å². The van der Waals surface area contributed by atoms with Gasteiger partial charge in [0.25, 0.3) is 0 Å². The van der Waals surface area contributed by atoms with Gasteiger partial charge in [-0.1, -0.05) is 24.3 Å². The van der Waals surface area contributed by atoms with Gasteiger partial charge in [-0.15, -0.1) is 0 Å². The molecule has 2 aromatic rings. The molecule has 2 heterocycles. The average Bonchev–Trinajstić information content (AvgIpc) is 3.08. The van der Waals surface area contributed by atoms with Gasteiger partial charge in [-0.2, -0.15) is 0 Å². The second kappa shape index (κ2) is 6.35. The van der Waals surface area contributed by atoms with Gasteiger partial charge in [-0.05, 0) is 31.3 Å². The molecule has 1 atom stereocenters. The molecule has 0 aliphatic carbocycles. The molecule has 6 heteroatoms. The molecule has 0 bridgehead atoms. The molecule has 4 rings (SSSR count). The van der Waals surface area contributed by atoms with Gasteiger partial charge in [-0.25, -0.2) is 8.42 Å². The fourth-order valence-electron chi connectivity index (χ4n) is 3.64. The van der Waals surface area contributed by atoms with E-state index in [1.165, 1.54) is 5.69 Å². The Morgan fingerprint density at radius 2 is 1.68 bits per heavy atom. The number of sulfone groups is 1. The standard InChI is InChI=1S/C19H23N3O2S/c1-21-10-12-22(13-11-21)18-9-5-8-17-16(18)14-19(20-17)25(23,24)15-6-3-2-4-7-15/h2-9,19-20H,10-14H2,1H3. The van der Waals surface area contributed by atoms with Crippen LogP contribution < -0.4 is 10.2 Å². The quantitative estimate of drug-likeness (QED) is 0.913. The summed E-state index contributed by atoms with van der Waals surface area (Å²) < 4.78 is 25.9. The minimum absolute atomic E-state index is 0.376. The van der Waals surface area contributed by atoms with Crippen molar-refractivity contribution >= 4 is 21.2 Å². The maximum absolute atomic E-state index is 13.0. The van der Waals surface area contributed by atoms with Crippen molar-refractivity contribution in [2.45, 2.75) is 16.7 Å². The van der Waals surface area contributed by atoms with Crippen molar-refractivity contribution in [3.63, 3.8) is 0 Å². The number of likely N-dealkylation sites (N-methyl/N-ethyl adjacent to an activating group) is 1. The van der Waals surface area contributed by atoms with Crippen molar-refractivity contribution in [2.75, 3.05) is 43.4 Å². The number of anilines is 2. The summed E-state index contributed by atoms with van der Waals surface area (Å²) in [5, 5.41) is 2.64. The van der Waals surface area contributed by atoms with Crippen LogP contribution in [0.2, 0.25) is 0 Å². The Morgan fingerprint density at radius 3 is 2.40 bits per heavy atom. The molecule has 0 amide bonds. The van der Waals surface area contributed by atoms with Crippen molar-refractivity contribution in [3.8, 4) is 0 Å². The zero-order chi connectivity index (χ0) is 17.4. The SMILES string of the molecule is CN1CCN(c2cccc3c2CC(S(=O)(=O)c2ccccc2)N3)CC1. The van der Waals surface area contributed by atoms with Gasteiger partial charge in [0, 0.05) is 49.5 Å². The van der Waals surface area contributed by atoms with E-state index >= 15 is 0 Å². The van der Waals surface area contributed by atoms with E-state index < -0.39 is 15.2 Å². The summed E-state index contributed by atoms with van der Waals surface area (Å²) in [5.74, 6) is 0. The second-order valence-electron chi connectivity index (χ2n) is 6.79. The van der Waals surface area contributed by atoms with E-state index in [1.807, 2.05) is 18.2 Å². The van der Waals surface area contributed by atoms with Gasteiger partial charge in [0.15, 0.2) is 9.84 Å². The van der Waals surface area contributed by atoms with E-state index in [0.29, 0.717) is 11.3 Å². The lowest BCUT2D eigenvalue weighted by molar-refractivity contribution is 0.312. The summed E-state index contributed by atoms with van der Waals surface area (Å²) in [5.41, 5.74) is 3.24. The lowest BCUT2D eigenvalue weighted by Crippen LogP contribution is -2.44. The second-order valence-corrected chi connectivity index (χ2v) is 8.92. The Labute approximate surface area is 149 Å². The van der Waals surface area contributed by atoms with Gasteiger partial charge in [0.1, 0.15) is 5.37 Å². The third-order valence-corrected chi connectivity index (χ3v) is 7.11. The van der Waals surface area contributed by atoms with E-state index in [9.17, 15) is 8.42 Å². The largest absolute Gasteiger partial charge is 0.369 e. The van der Waals surface area contributed by atoms with Gasteiger partial charge in [-0.3, -0.25) is 0 Å². The summed E-state index contributed by atoms with van der Waals surface area (Å²) in [6, 6.07) is 14.8. The highest BCUT2D eigenvalue weighted by atomic mass is 32.2. The van der Waals surface area contributed by atoms with Crippen LogP contribution in [-0.2, 0) is 16.3 Å². The molecule has 1 fully saturated rings. The maximum atomic E-state index is 13.0. The van der Waals surface area contributed by atoms with E-state index in [2.05, 4.69) is 28.2 Å². The Kier molecular flexibility index (Phi) is 4.17. The van der Waals surface area contributed by atoms with E-state index in [0.717, 1.165) is 37.4 Å². The molecule has 5 nitrogen and oxygen atoms in total. The highest BCUT2D eigenvalue weighted by Gasteiger charge is 2.35. The van der Waals surface area contributed by atoms with Crippen molar-refractivity contribution in [1.82, 2.24) is 4.90 Å². The molecule has 2 aromatic carbocycles. The smallest absolute Gasteiger partial charge is 0.199 e. The number of hydrogen-bond acceptors (Lipinski definition) is 5. The molecule has 2 aliphatic heterocycles. The molecule has 1 unspecified atom stereocenters. The molecule has 132 valence electrons. The first-order chi connectivity index (χ1) is 12.1. The molecule has 25 heavy (non-hydrogen) atoms. The minimum Gasteiger partial charge on any atom is -0.369 e. The van der Waals surface area contributed by atoms with Gasteiger partial charge < -0.3 is 15.1 Å². The molecular formula is C19H23N3O2S. The first kappa shape index (κ1) is 16.4. The third kappa shape index (κ3) is 3.00. The first-order valence-corrected chi connectivity index (χ1v) is 10.2. The van der Waals surface area contributed by atoms with Crippen molar-refractivity contribution in [1.29, 1.82) is 0 Å². The van der Waals surface area contributed by atoms with E-state index in [1.54, 1.807) is 24.3 Å². The number of nitrogens with one attached hydrogen (secondary N) is 1. The topological polar surface area (TPSA) is 52.7 Å². The van der Waals surface area contributed by atoms with Crippen molar-refractivity contribution in [2.24, 2.45) is 0 Å². The predicted molar refractivity (Wildman–Crippen MR) is 101 cm³/mol. The molecule has 0 saturated carbocycles. The lowest BCUT2D eigenvalue weighted by atomic mass is 10.1. The summed E-state index contributed by atoms with van der Waals surface area (Å²) in [6.07, 6.45) is 0.509. The predicted octanol–water partition coefficient (Wildman–Crippen LogP) is 2.21. The van der Waals surface area contributed by atoms with Crippen LogP contribution in [0.15, 0.2) is 53.4 Å². The number of piperazine rings is 1.